The minimum atomic E-state index is 0.402. The van der Waals surface area contributed by atoms with Crippen LogP contribution in [0, 0.1) is 0 Å². The van der Waals surface area contributed by atoms with E-state index in [1.165, 1.54) is 35.9 Å². The molecule has 2 heterocycles. The molecule has 0 spiro atoms. The largest absolute Gasteiger partial charge is 0.368 e. The molecule has 1 fully saturated rings. The number of hydrogen-bond donors (Lipinski definition) is 1. The van der Waals surface area contributed by atoms with E-state index in [1.54, 1.807) is 11.3 Å². The maximum Gasteiger partial charge on any atom is 0.223 e. The lowest BCUT2D eigenvalue weighted by molar-refractivity contribution is 0.707. The van der Waals surface area contributed by atoms with Crippen molar-refractivity contribution in [2.24, 2.45) is 0 Å². The summed E-state index contributed by atoms with van der Waals surface area (Å²) >= 11 is 1.74. The molecule has 108 valence electrons. The van der Waals surface area contributed by atoms with Crippen molar-refractivity contribution in [2.75, 3.05) is 17.2 Å². The number of hydrogen-bond acceptors (Lipinski definition) is 5. The molecule has 0 radical (unpaired) electrons. The number of nitrogen functional groups attached to an aromatic ring is 1. The highest BCUT2D eigenvalue weighted by molar-refractivity contribution is 7.18. The van der Waals surface area contributed by atoms with Crippen LogP contribution < -0.4 is 10.6 Å². The lowest BCUT2D eigenvalue weighted by Gasteiger charge is -2.24. The van der Waals surface area contributed by atoms with Crippen LogP contribution in [0.3, 0.4) is 0 Å². The van der Waals surface area contributed by atoms with Gasteiger partial charge in [0.2, 0.25) is 5.95 Å². The van der Waals surface area contributed by atoms with Gasteiger partial charge in [0.15, 0.2) is 0 Å². The molecule has 0 aliphatic heterocycles. The molecule has 20 heavy (non-hydrogen) atoms. The molecule has 4 nitrogen and oxygen atoms in total. The summed E-state index contributed by atoms with van der Waals surface area (Å²) in [4.78, 5) is 13.8. The van der Waals surface area contributed by atoms with Crippen LogP contribution in [0.1, 0.15) is 44.4 Å². The molecule has 1 aliphatic carbocycles. The molecule has 2 aromatic rings. The molecule has 0 aromatic carbocycles. The Morgan fingerprint density at radius 2 is 2.15 bits per heavy atom. The first-order chi connectivity index (χ1) is 9.72. The Bertz CT molecular complexity index is 603. The minimum absolute atomic E-state index is 0.402. The highest BCUT2D eigenvalue weighted by Gasteiger charge is 2.31. The third-order valence-corrected chi connectivity index (χ3v) is 4.97. The molecule has 0 amide bonds. The normalized spacial score (nSPS) is 14.9. The van der Waals surface area contributed by atoms with Gasteiger partial charge in [-0.3, -0.25) is 0 Å². The van der Waals surface area contributed by atoms with Gasteiger partial charge in [-0.1, -0.05) is 20.3 Å². The Morgan fingerprint density at radius 1 is 1.35 bits per heavy atom. The first-order valence-electron chi connectivity index (χ1n) is 7.55. The van der Waals surface area contributed by atoms with Crippen molar-refractivity contribution in [3.8, 4) is 0 Å². The van der Waals surface area contributed by atoms with Gasteiger partial charge in [-0.05, 0) is 31.7 Å². The van der Waals surface area contributed by atoms with E-state index in [9.17, 15) is 0 Å². The molecule has 0 saturated heterocycles. The zero-order chi connectivity index (χ0) is 14.1. The summed E-state index contributed by atoms with van der Waals surface area (Å²) in [5, 5.41) is 1.18. The maximum atomic E-state index is 5.92. The van der Waals surface area contributed by atoms with Gasteiger partial charge in [-0.2, -0.15) is 4.98 Å². The maximum absolute atomic E-state index is 5.92. The number of aromatic nitrogens is 2. The van der Waals surface area contributed by atoms with Crippen molar-refractivity contribution in [1.82, 2.24) is 9.97 Å². The fourth-order valence-electron chi connectivity index (χ4n) is 2.54. The SMILES string of the molecule is CCCCN(c1nc(N)nc2sc(CC)cc12)C1CC1. The van der Waals surface area contributed by atoms with Crippen molar-refractivity contribution in [1.29, 1.82) is 0 Å². The summed E-state index contributed by atoms with van der Waals surface area (Å²) in [5.41, 5.74) is 5.92. The van der Waals surface area contributed by atoms with Crippen LogP contribution in [-0.2, 0) is 6.42 Å². The third-order valence-electron chi connectivity index (χ3n) is 3.80. The number of nitrogens with two attached hydrogens (primary N) is 1. The van der Waals surface area contributed by atoms with Gasteiger partial charge in [-0.25, -0.2) is 4.98 Å². The summed E-state index contributed by atoms with van der Waals surface area (Å²) in [6.45, 7) is 5.48. The van der Waals surface area contributed by atoms with Crippen molar-refractivity contribution in [3.63, 3.8) is 0 Å². The van der Waals surface area contributed by atoms with E-state index >= 15 is 0 Å². The van der Waals surface area contributed by atoms with E-state index in [-0.39, 0.29) is 0 Å². The summed E-state index contributed by atoms with van der Waals surface area (Å²) in [5.74, 6) is 1.46. The Balaban J connectivity index is 2.04. The lowest BCUT2D eigenvalue weighted by Crippen LogP contribution is -2.28. The fourth-order valence-corrected chi connectivity index (χ4v) is 3.51. The van der Waals surface area contributed by atoms with E-state index in [2.05, 4.69) is 34.8 Å². The second-order valence-corrected chi connectivity index (χ2v) is 6.58. The van der Waals surface area contributed by atoms with Crippen molar-refractivity contribution >= 4 is 33.3 Å². The first-order valence-corrected chi connectivity index (χ1v) is 8.37. The summed E-state index contributed by atoms with van der Waals surface area (Å²) in [7, 11) is 0. The summed E-state index contributed by atoms with van der Waals surface area (Å²) in [6, 6.07) is 2.90. The standard InChI is InChI=1S/C15H22N4S/c1-3-5-8-19(10-6-7-10)13-12-9-11(4-2)20-14(12)18-15(16)17-13/h9-10H,3-8H2,1-2H3,(H2,16,17,18). The van der Waals surface area contributed by atoms with Gasteiger partial charge in [-0.15, -0.1) is 11.3 Å². The van der Waals surface area contributed by atoms with E-state index in [0.717, 1.165) is 23.6 Å². The Kier molecular flexibility index (Phi) is 3.78. The van der Waals surface area contributed by atoms with Crippen LogP contribution in [0.5, 0.6) is 0 Å². The van der Waals surface area contributed by atoms with Crippen LogP contribution >= 0.6 is 11.3 Å². The quantitative estimate of drug-likeness (QED) is 0.883. The first kappa shape index (κ1) is 13.6. The highest BCUT2D eigenvalue weighted by Crippen LogP contribution is 2.37. The van der Waals surface area contributed by atoms with Gasteiger partial charge in [0.05, 0.1) is 5.39 Å². The van der Waals surface area contributed by atoms with Crippen LogP contribution in [0.4, 0.5) is 11.8 Å². The predicted octanol–water partition coefficient (Wildman–Crippen LogP) is 3.60. The molecule has 0 unspecified atom stereocenters. The Hall–Kier alpha value is -1.36. The molecule has 0 bridgehead atoms. The molecule has 1 saturated carbocycles. The highest BCUT2D eigenvalue weighted by atomic mass is 32.1. The number of thiophene rings is 1. The second-order valence-electron chi connectivity index (χ2n) is 5.47. The molecule has 3 rings (SSSR count). The molecule has 0 atom stereocenters. The van der Waals surface area contributed by atoms with Gasteiger partial charge < -0.3 is 10.6 Å². The van der Waals surface area contributed by atoms with Crippen LogP contribution in [0.15, 0.2) is 6.07 Å². The molecule has 2 aromatic heterocycles. The van der Waals surface area contributed by atoms with Crippen molar-refractivity contribution in [2.45, 2.75) is 52.0 Å². The van der Waals surface area contributed by atoms with Gasteiger partial charge in [0.1, 0.15) is 10.6 Å². The topological polar surface area (TPSA) is 55.0 Å². The second kappa shape index (κ2) is 5.56. The van der Waals surface area contributed by atoms with Crippen molar-refractivity contribution < 1.29 is 0 Å². The van der Waals surface area contributed by atoms with E-state index in [1.807, 2.05) is 0 Å². The fraction of sp³-hybridized carbons (Fsp3) is 0.600. The number of unbranched alkanes of at least 4 members (excludes halogenated alkanes) is 1. The number of anilines is 2. The molecule has 2 N–H and O–H groups in total. The van der Waals surface area contributed by atoms with E-state index in [0.29, 0.717) is 12.0 Å². The molecule has 1 aliphatic rings. The third kappa shape index (κ3) is 2.59. The molecular formula is C15H22N4S. The van der Waals surface area contributed by atoms with Gasteiger partial charge in [0, 0.05) is 17.5 Å². The zero-order valence-corrected chi connectivity index (χ0v) is 13.0. The Labute approximate surface area is 124 Å². The average molecular weight is 290 g/mol. The number of nitrogens with zero attached hydrogens (tertiary/aromatic N) is 3. The van der Waals surface area contributed by atoms with E-state index in [4.69, 9.17) is 5.73 Å². The number of fused-ring (bicyclic) bond motifs is 1. The Morgan fingerprint density at radius 3 is 2.80 bits per heavy atom. The van der Waals surface area contributed by atoms with Crippen LogP contribution in [0.25, 0.3) is 10.2 Å². The summed E-state index contributed by atoms with van der Waals surface area (Å²) < 4.78 is 0. The molecular weight excluding hydrogens is 268 g/mol. The number of aryl methyl sites for hydroxylation is 1. The van der Waals surface area contributed by atoms with E-state index < -0.39 is 0 Å². The lowest BCUT2D eigenvalue weighted by atomic mass is 10.2. The van der Waals surface area contributed by atoms with Crippen LogP contribution in [0.2, 0.25) is 0 Å². The van der Waals surface area contributed by atoms with Crippen molar-refractivity contribution in [3.05, 3.63) is 10.9 Å². The van der Waals surface area contributed by atoms with Gasteiger partial charge in [0.25, 0.3) is 0 Å². The number of rotatable bonds is 6. The van der Waals surface area contributed by atoms with Crippen LogP contribution in [-0.4, -0.2) is 22.6 Å². The summed E-state index contributed by atoms with van der Waals surface area (Å²) in [6.07, 6.45) is 6.00. The predicted molar refractivity (Wildman–Crippen MR) is 86.5 cm³/mol. The minimum Gasteiger partial charge on any atom is -0.368 e. The average Bonchev–Trinajstić information content (AvgIpc) is 3.18. The zero-order valence-electron chi connectivity index (χ0n) is 12.2. The van der Waals surface area contributed by atoms with Gasteiger partial charge >= 0.3 is 0 Å². The monoisotopic (exact) mass is 290 g/mol. The smallest absolute Gasteiger partial charge is 0.223 e. The molecule has 5 heteroatoms.